The minimum atomic E-state index is 0.669. The maximum Gasteiger partial charge on any atom is 0.147 e. The number of hydrogen-bond donors (Lipinski definition) is 1. The molecule has 4 heteroatoms. The van der Waals surface area contributed by atoms with Crippen LogP contribution >= 0.6 is 31.9 Å². The molecule has 0 fully saturated rings. The molecule has 0 unspecified atom stereocenters. The summed E-state index contributed by atoms with van der Waals surface area (Å²) in [7, 11) is 1.93. The largest absolute Gasteiger partial charge is 0.492 e. The molecule has 0 amide bonds. The van der Waals surface area contributed by atoms with Crippen molar-refractivity contribution in [3.05, 3.63) is 26.6 Å². The summed E-state index contributed by atoms with van der Waals surface area (Å²) >= 11 is 6.97. The predicted molar refractivity (Wildman–Crippen MR) is 65.8 cm³/mol. The van der Waals surface area contributed by atoms with Crippen LogP contribution in [-0.4, -0.2) is 13.7 Å². The van der Waals surface area contributed by atoms with Crippen molar-refractivity contribution in [2.24, 2.45) is 0 Å². The van der Waals surface area contributed by atoms with Crippen LogP contribution in [0.4, 0.5) is 0 Å². The summed E-state index contributed by atoms with van der Waals surface area (Å²) in [6.45, 7) is 3.49. The van der Waals surface area contributed by atoms with Gasteiger partial charge in [0.05, 0.1) is 15.6 Å². The summed E-state index contributed by atoms with van der Waals surface area (Å²) in [6.07, 6.45) is 0. The third-order valence-corrected chi connectivity index (χ3v) is 2.91. The molecule has 0 aliphatic heterocycles. The molecule has 0 heterocycles. The van der Waals surface area contributed by atoms with E-state index in [1.54, 1.807) is 0 Å². The molecule has 1 rings (SSSR count). The normalized spacial score (nSPS) is 10.3. The van der Waals surface area contributed by atoms with E-state index >= 15 is 0 Å². The smallest absolute Gasteiger partial charge is 0.147 e. The summed E-state index contributed by atoms with van der Waals surface area (Å²) < 4.78 is 7.46. The molecule has 1 aromatic carbocycles. The second kappa shape index (κ2) is 5.73. The molecule has 0 atom stereocenters. The van der Waals surface area contributed by atoms with Gasteiger partial charge < -0.3 is 10.1 Å². The Morgan fingerprint density at radius 1 is 1.29 bits per heavy atom. The van der Waals surface area contributed by atoms with Crippen LogP contribution in [0.25, 0.3) is 0 Å². The van der Waals surface area contributed by atoms with E-state index in [2.05, 4.69) is 49.3 Å². The van der Waals surface area contributed by atoms with E-state index in [1.165, 1.54) is 5.56 Å². The number of rotatable bonds is 4. The van der Waals surface area contributed by atoms with Crippen LogP contribution < -0.4 is 10.1 Å². The minimum Gasteiger partial charge on any atom is -0.492 e. The number of nitrogens with one attached hydrogen (secondary N) is 1. The highest BCUT2D eigenvalue weighted by atomic mass is 79.9. The maximum absolute atomic E-state index is 5.49. The van der Waals surface area contributed by atoms with E-state index in [-0.39, 0.29) is 0 Å². The van der Waals surface area contributed by atoms with Gasteiger partial charge in [-0.25, -0.2) is 0 Å². The number of hydrogen-bond acceptors (Lipinski definition) is 2. The number of halogens is 2. The van der Waals surface area contributed by atoms with Gasteiger partial charge in [0, 0.05) is 6.54 Å². The lowest BCUT2D eigenvalue weighted by atomic mass is 10.2. The highest BCUT2D eigenvalue weighted by Gasteiger charge is 2.07. The van der Waals surface area contributed by atoms with Crippen LogP contribution in [0.1, 0.15) is 12.5 Å². The first-order valence-electron chi connectivity index (χ1n) is 4.44. The first kappa shape index (κ1) is 12.0. The zero-order chi connectivity index (χ0) is 10.6. The predicted octanol–water partition coefficient (Wildman–Crippen LogP) is 3.33. The minimum absolute atomic E-state index is 0.669. The van der Waals surface area contributed by atoms with Crippen molar-refractivity contribution in [3.8, 4) is 5.75 Å². The molecule has 0 aliphatic rings. The summed E-state index contributed by atoms with van der Waals surface area (Å²) in [6, 6.07) is 4.12. The fourth-order valence-corrected chi connectivity index (χ4v) is 2.71. The molecule has 1 N–H and O–H groups in total. The second-order valence-corrected chi connectivity index (χ2v) is 4.56. The molecule has 0 bridgehead atoms. The van der Waals surface area contributed by atoms with E-state index in [4.69, 9.17) is 4.74 Å². The van der Waals surface area contributed by atoms with Gasteiger partial charge >= 0.3 is 0 Å². The van der Waals surface area contributed by atoms with Gasteiger partial charge in [-0.2, -0.15) is 0 Å². The molecule has 0 saturated carbocycles. The van der Waals surface area contributed by atoms with Crippen LogP contribution in [0.5, 0.6) is 5.75 Å². The number of benzene rings is 1. The molecule has 0 aromatic heterocycles. The van der Waals surface area contributed by atoms with Crippen LogP contribution in [0.15, 0.2) is 21.1 Å². The third-order valence-electron chi connectivity index (χ3n) is 1.73. The Bertz CT molecular complexity index is 292. The monoisotopic (exact) mass is 321 g/mol. The first-order chi connectivity index (χ1) is 6.69. The van der Waals surface area contributed by atoms with E-state index in [1.807, 2.05) is 14.0 Å². The van der Waals surface area contributed by atoms with Crippen LogP contribution in [0.3, 0.4) is 0 Å². The zero-order valence-electron chi connectivity index (χ0n) is 8.23. The van der Waals surface area contributed by atoms with Crippen molar-refractivity contribution in [1.29, 1.82) is 0 Å². The fraction of sp³-hybridized carbons (Fsp3) is 0.400. The average Bonchev–Trinajstić information content (AvgIpc) is 2.12. The van der Waals surface area contributed by atoms with Gasteiger partial charge in [-0.15, -0.1) is 0 Å². The summed E-state index contributed by atoms with van der Waals surface area (Å²) in [4.78, 5) is 0. The molecule has 1 aromatic rings. The van der Waals surface area contributed by atoms with Crippen molar-refractivity contribution >= 4 is 31.9 Å². The summed E-state index contributed by atoms with van der Waals surface area (Å²) in [5.41, 5.74) is 1.22. The highest BCUT2D eigenvalue weighted by Crippen LogP contribution is 2.34. The van der Waals surface area contributed by atoms with Crippen LogP contribution in [-0.2, 0) is 6.54 Å². The van der Waals surface area contributed by atoms with Gasteiger partial charge in [0.25, 0.3) is 0 Å². The zero-order valence-corrected chi connectivity index (χ0v) is 11.4. The van der Waals surface area contributed by atoms with Gasteiger partial charge in [0.2, 0.25) is 0 Å². The molecule has 2 nitrogen and oxygen atoms in total. The average molecular weight is 323 g/mol. The summed E-state index contributed by atoms with van der Waals surface area (Å²) in [5.74, 6) is 0.868. The van der Waals surface area contributed by atoms with Crippen molar-refractivity contribution < 1.29 is 4.74 Å². The fourth-order valence-electron chi connectivity index (χ4n) is 1.20. The summed E-state index contributed by atoms with van der Waals surface area (Å²) in [5, 5.41) is 3.11. The highest BCUT2D eigenvalue weighted by molar-refractivity contribution is 9.11. The Kier molecular flexibility index (Phi) is 4.92. The van der Waals surface area contributed by atoms with Gasteiger partial charge in [0.1, 0.15) is 5.75 Å². The molecule has 0 radical (unpaired) electrons. The third kappa shape index (κ3) is 2.97. The van der Waals surface area contributed by atoms with Crippen LogP contribution in [0, 0.1) is 0 Å². The van der Waals surface area contributed by atoms with Crippen LogP contribution in [0.2, 0.25) is 0 Å². The topological polar surface area (TPSA) is 21.3 Å². The molecule has 0 aliphatic carbocycles. The van der Waals surface area contributed by atoms with Gasteiger partial charge in [0.15, 0.2) is 0 Å². The van der Waals surface area contributed by atoms with Gasteiger partial charge in [-0.3, -0.25) is 0 Å². The lowest BCUT2D eigenvalue weighted by Crippen LogP contribution is -2.05. The lowest BCUT2D eigenvalue weighted by molar-refractivity contribution is 0.336. The van der Waals surface area contributed by atoms with E-state index in [0.29, 0.717) is 6.61 Å². The molecule has 0 saturated heterocycles. The first-order valence-corrected chi connectivity index (χ1v) is 6.03. The molecule has 14 heavy (non-hydrogen) atoms. The Morgan fingerprint density at radius 3 is 2.29 bits per heavy atom. The molecular weight excluding hydrogens is 310 g/mol. The van der Waals surface area contributed by atoms with Gasteiger partial charge in [-0.05, 0) is 63.5 Å². The Balaban J connectivity index is 2.98. The number of ether oxygens (including phenoxy) is 1. The SMILES string of the molecule is CCOc1c(Br)cc(CNC)cc1Br. The van der Waals surface area contributed by atoms with Crippen molar-refractivity contribution in [2.45, 2.75) is 13.5 Å². The molecule has 78 valence electrons. The Hall–Kier alpha value is -0.0600. The quantitative estimate of drug-likeness (QED) is 0.918. The van der Waals surface area contributed by atoms with Gasteiger partial charge in [-0.1, -0.05) is 0 Å². The lowest BCUT2D eigenvalue weighted by Gasteiger charge is -2.10. The van der Waals surface area contributed by atoms with Crippen molar-refractivity contribution in [3.63, 3.8) is 0 Å². The Morgan fingerprint density at radius 2 is 1.86 bits per heavy atom. The second-order valence-electron chi connectivity index (χ2n) is 2.85. The molecular formula is C10H13Br2NO. The molecule has 0 spiro atoms. The Labute approximate surface area is 101 Å². The van der Waals surface area contributed by atoms with E-state index < -0.39 is 0 Å². The van der Waals surface area contributed by atoms with E-state index in [0.717, 1.165) is 21.2 Å². The van der Waals surface area contributed by atoms with Crippen molar-refractivity contribution in [2.75, 3.05) is 13.7 Å². The maximum atomic E-state index is 5.49. The van der Waals surface area contributed by atoms with E-state index in [9.17, 15) is 0 Å². The van der Waals surface area contributed by atoms with Crippen molar-refractivity contribution in [1.82, 2.24) is 5.32 Å². The standard InChI is InChI=1S/C10H13Br2NO/c1-3-14-10-8(11)4-7(6-13-2)5-9(10)12/h4-5,13H,3,6H2,1-2H3.